The largest absolute Gasteiger partial charge is 0.458 e. The second-order valence-electron chi connectivity index (χ2n) is 21.8. The average molecular weight is 1010 g/mol. The molecule has 0 amide bonds. The first-order valence-electron chi connectivity index (χ1n) is 27.0. The van der Waals surface area contributed by atoms with E-state index in [2.05, 4.69) is 233 Å². The molecule has 368 valence electrons. The lowest BCUT2D eigenvalue weighted by Gasteiger charge is -2.38. The summed E-state index contributed by atoms with van der Waals surface area (Å²) in [5.41, 5.74) is 19.5. The molecule has 0 atom stereocenters. The van der Waals surface area contributed by atoms with Gasteiger partial charge in [-0.2, -0.15) is 0 Å². The molecule has 0 aromatic heterocycles. The number of unbranched alkanes of at least 4 members (excludes halogenated alkanes) is 2. The van der Waals surface area contributed by atoms with Gasteiger partial charge in [0.1, 0.15) is 23.0 Å². The van der Waals surface area contributed by atoms with Crippen molar-refractivity contribution in [2.45, 2.75) is 105 Å². The zero-order valence-corrected chi connectivity index (χ0v) is 45.4. The Morgan fingerprint density at radius 2 is 0.827 bits per heavy atom. The predicted molar refractivity (Wildman–Crippen MR) is 320 cm³/mol. The van der Waals surface area contributed by atoms with Crippen LogP contribution >= 0.6 is 23.5 Å². The first kappa shape index (κ1) is 47.7. The number of para-hydroxylation sites is 2. The van der Waals surface area contributed by atoms with Crippen molar-refractivity contribution in [1.82, 2.24) is 0 Å². The molecule has 0 bridgehead atoms. The Morgan fingerprint density at radius 1 is 0.413 bits per heavy atom. The molecule has 0 aliphatic carbocycles. The predicted octanol–water partition coefficient (Wildman–Crippen LogP) is 15.1. The van der Waals surface area contributed by atoms with E-state index in [-0.39, 0.29) is 18.8 Å². The number of aryl methyl sites for hydroxylation is 3. The molecule has 13 rings (SSSR count). The minimum Gasteiger partial charge on any atom is -0.458 e. The van der Waals surface area contributed by atoms with Crippen LogP contribution in [-0.2, 0) is 18.3 Å². The van der Waals surface area contributed by atoms with Crippen LogP contribution in [0.25, 0.3) is 0 Å². The Bertz CT molecular complexity index is 3650. The molecule has 0 spiro atoms. The average Bonchev–Trinajstić information content (AvgIpc) is 3.52. The highest BCUT2D eigenvalue weighted by molar-refractivity contribution is 8.01. The number of ether oxygens (including phenoxy) is 2. The number of hydrogen-bond acceptors (Lipinski definition) is 6. The van der Waals surface area contributed by atoms with Crippen molar-refractivity contribution in [2.24, 2.45) is 0 Å². The third kappa shape index (κ3) is 8.64. The van der Waals surface area contributed by atoms with Crippen LogP contribution in [0, 0.1) is 6.92 Å². The summed E-state index contributed by atoms with van der Waals surface area (Å²) in [6, 6.07) is 68.3. The number of anilines is 6. The second kappa shape index (κ2) is 19.3. The number of nitrogens with zero attached hydrogens (tertiary/aromatic N) is 2. The summed E-state index contributed by atoms with van der Waals surface area (Å²) in [4.78, 5) is 9.83. The number of hydrogen-bond donors (Lipinski definition) is 0. The maximum absolute atomic E-state index is 7.06. The van der Waals surface area contributed by atoms with Gasteiger partial charge in [-0.15, -0.1) is 0 Å². The molecule has 4 heterocycles. The number of fused-ring (bicyclic) bond motifs is 8. The zero-order chi connectivity index (χ0) is 51.0. The molecule has 9 aromatic rings. The molecule has 0 radical (unpaired) electrons. The molecule has 75 heavy (non-hydrogen) atoms. The fourth-order valence-corrected chi connectivity index (χ4v) is 14.2. The van der Waals surface area contributed by atoms with E-state index in [1.165, 1.54) is 100 Å². The summed E-state index contributed by atoms with van der Waals surface area (Å²) in [5, 5.41) is 0. The first-order chi connectivity index (χ1) is 36.6. The molecule has 0 saturated heterocycles. The van der Waals surface area contributed by atoms with Gasteiger partial charge in [-0.3, -0.25) is 0 Å². The molecular formula is C67H60B2N2O2S2. The molecular weight excluding hydrogens is 951 g/mol. The monoisotopic (exact) mass is 1010 g/mol. The van der Waals surface area contributed by atoms with Crippen LogP contribution in [0.5, 0.6) is 23.0 Å². The van der Waals surface area contributed by atoms with Gasteiger partial charge in [-0.05, 0) is 155 Å². The summed E-state index contributed by atoms with van der Waals surface area (Å²) in [6.07, 6.45) is 6.90. The molecule has 0 N–H and O–H groups in total. The van der Waals surface area contributed by atoms with Crippen LogP contribution in [0.4, 0.5) is 34.1 Å². The lowest BCUT2D eigenvalue weighted by Crippen LogP contribution is -2.62. The van der Waals surface area contributed by atoms with Crippen molar-refractivity contribution < 1.29 is 9.47 Å². The van der Waals surface area contributed by atoms with Crippen LogP contribution in [0.1, 0.15) is 82.6 Å². The van der Waals surface area contributed by atoms with E-state index in [1.54, 1.807) is 0 Å². The Hall–Kier alpha value is -6.99. The summed E-state index contributed by atoms with van der Waals surface area (Å²) in [5.74, 6) is 3.65. The van der Waals surface area contributed by atoms with Crippen molar-refractivity contribution in [3.05, 3.63) is 204 Å². The maximum Gasteiger partial charge on any atom is 0.253 e. The molecule has 8 heteroatoms. The van der Waals surface area contributed by atoms with Gasteiger partial charge < -0.3 is 19.3 Å². The van der Waals surface area contributed by atoms with E-state index in [1.807, 2.05) is 23.5 Å². The van der Waals surface area contributed by atoms with Gasteiger partial charge in [0.25, 0.3) is 13.4 Å². The Balaban J connectivity index is 0.954. The highest BCUT2D eigenvalue weighted by Crippen LogP contribution is 2.47. The van der Waals surface area contributed by atoms with E-state index in [4.69, 9.17) is 9.47 Å². The smallest absolute Gasteiger partial charge is 0.253 e. The summed E-state index contributed by atoms with van der Waals surface area (Å²) >= 11 is 3.77. The lowest BCUT2D eigenvalue weighted by molar-refractivity contribution is 0.486. The van der Waals surface area contributed by atoms with E-state index >= 15 is 0 Å². The fourth-order valence-electron chi connectivity index (χ4n) is 11.7. The molecule has 0 fully saturated rings. The highest BCUT2D eigenvalue weighted by atomic mass is 32.2. The zero-order valence-electron chi connectivity index (χ0n) is 43.7. The summed E-state index contributed by atoms with van der Waals surface area (Å²) in [6.45, 7) is 13.5. The molecule has 9 aromatic carbocycles. The molecule has 0 unspecified atom stereocenters. The maximum atomic E-state index is 7.06. The summed E-state index contributed by atoms with van der Waals surface area (Å²) in [7, 11) is 0. The van der Waals surface area contributed by atoms with Gasteiger partial charge in [0.05, 0.1) is 11.4 Å². The van der Waals surface area contributed by atoms with E-state index in [0.717, 1.165) is 70.0 Å². The van der Waals surface area contributed by atoms with Crippen LogP contribution in [0.2, 0.25) is 0 Å². The van der Waals surface area contributed by atoms with Crippen molar-refractivity contribution in [3.63, 3.8) is 0 Å². The standard InChI is InChI=1S/C67H60B2N2O2S2/c1-7-9-15-44-23-31-48(32-24-44)70(47-29-21-43(3)22-30-47)51-37-59-65-63(39-51)74-61-42-62-56(41-55(61)68(65)53-17-11-13-19-57(53)72-59)69-54-18-12-14-20-58(54)73-60-38-52(40-64(75-62)66(60)69)71(49-33-25-45(26-34-49)16-10-8-2)50-35-27-46(28-36-50)67(4,5)6/h11-14,17-42H,7-10,15-16H2,1-6H3. The fraction of sp³-hybridized carbons (Fsp3) is 0.194. The van der Waals surface area contributed by atoms with Crippen molar-refractivity contribution in [3.8, 4) is 23.0 Å². The Labute approximate surface area is 452 Å². The normalized spacial score (nSPS) is 13.3. The molecule has 0 saturated carbocycles. The Kier molecular flexibility index (Phi) is 12.3. The van der Waals surface area contributed by atoms with Gasteiger partial charge in [-0.25, -0.2) is 0 Å². The van der Waals surface area contributed by atoms with Gasteiger partial charge in [0.2, 0.25) is 0 Å². The van der Waals surface area contributed by atoms with Crippen molar-refractivity contribution >= 4 is 104 Å². The topological polar surface area (TPSA) is 24.9 Å². The molecule has 4 aliphatic rings. The van der Waals surface area contributed by atoms with E-state index in [9.17, 15) is 0 Å². The Morgan fingerprint density at radius 3 is 1.25 bits per heavy atom. The van der Waals surface area contributed by atoms with Gasteiger partial charge in [-0.1, -0.05) is 178 Å². The minimum absolute atomic E-state index is 0.00357. The quantitative estimate of drug-likeness (QED) is 0.113. The minimum atomic E-state index is -0.00678. The second-order valence-corrected chi connectivity index (χ2v) is 24.0. The van der Waals surface area contributed by atoms with Crippen LogP contribution < -0.4 is 52.1 Å². The first-order valence-corrected chi connectivity index (χ1v) is 28.6. The lowest BCUT2D eigenvalue weighted by atomic mass is 9.32. The molecule has 4 aliphatic heterocycles. The highest BCUT2D eigenvalue weighted by Gasteiger charge is 2.44. The van der Waals surface area contributed by atoms with Gasteiger partial charge in [0.15, 0.2) is 0 Å². The summed E-state index contributed by atoms with van der Waals surface area (Å²) < 4.78 is 14.1. The number of rotatable bonds is 12. The van der Waals surface area contributed by atoms with Crippen LogP contribution in [0.15, 0.2) is 202 Å². The van der Waals surface area contributed by atoms with E-state index in [0.29, 0.717) is 0 Å². The third-order valence-corrected chi connectivity index (χ3v) is 17.9. The number of benzene rings is 9. The van der Waals surface area contributed by atoms with Crippen molar-refractivity contribution in [2.75, 3.05) is 9.80 Å². The van der Waals surface area contributed by atoms with Crippen molar-refractivity contribution in [1.29, 1.82) is 0 Å². The van der Waals surface area contributed by atoms with Gasteiger partial charge in [0, 0.05) is 54.5 Å². The third-order valence-electron chi connectivity index (χ3n) is 15.7. The SMILES string of the molecule is CCCCc1ccc(N(c2ccc(C)cc2)c2cc3c4c(c2)Sc2cc5c(cc2B4c2ccccc2O3)B2c3ccccc3Oc3cc(N(c4ccc(CCCC)cc4)c4ccc(C(C)(C)C)cc4)cc(c32)S5)cc1. The van der Waals surface area contributed by atoms with E-state index < -0.39 is 0 Å². The van der Waals surface area contributed by atoms with Crippen LogP contribution in [-0.4, -0.2) is 13.4 Å². The van der Waals surface area contributed by atoms with Crippen LogP contribution in [0.3, 0.4) is 0 Å². The molecule has 4 nitrogen and oxygen atoms in total. The van der Waals surface area contributed by atoms with Gasteiger partial charge >= 0.3 is 0 Å².